The van der Waals surface area contributed by atoms with Crippen LogP contribution in [-0.4, -0.2) is 28.5 Å². The van der Waals surface area contributed by atoms with Crippen LogP contribution in [0.15, 0.2) is 30.7 Å². The SMILES string of the molecule is Cc1c(Cl)cnc(N[C@H]2CCCN(c3cccnc3)C2=O)c1C#N. The topological polar surface area (TPSA) is 81.9 Å². The van der Waals surface area contributed by atoms with E-state index in [1.807, 2.05) is 6.07 Å². The summed E-state index contributed by atoms with van der Waals surface area (Å²) in [5.74, 6) is 0.346. The van der Waals surface area contributed by atoms with Gasteiger partial charge in [0, 0.05) is 18.9 Å². The van der Waals surface area contributed by atoms with Gasteiger partial charge in [0.25, 0.3) is 0 Å². The molecule has 3 heterocycles. The van der Waals surface area contributed by atoms with Crippen molar-refractivity contribution in [2.45, 2.75) is 25.8 Å². The highest BCUT2D eigenvalue weighted by Gasteiger charge is 2.30. The Balaban J connectivity index is 1.85. The van der Waals surface area contributed by atoms with Crippen LogP contribution in [0.4, 0.5) is 11.5 Å². The van der Waals surface area contributed by atoms with E-state index in [0.29, 0.717) is 34.9 Å². The van der Waals surface area contributed by atoms with E-state index in [-0.39, 0.29) is 5.91 Å². The lowest BCUT2D eigenvalue weighted by Crippen LogP contribution is -2.48. The summed E-state index contributed by atoms with van der Waals surface area (Å²) in [6.07, 6.45) is 6.38. The largest absolute Gasteiger partial charge is 0.357 e. The summed E-state index contributed by atoms with van der Waals surface area (Å²) in [5, 5.41) is 12.9. The molecule has 1 amide bonds. The summed E-state index contributed by atoms with van der Waals surface area (Å²) in [7, 11) is 0. The first-order chi connectivity index (χ1) is 11.6. The lowest BCUT2D eigenvalue weighted by Gasteiger charge is -2.32. The molecule has 0 bridgehead atoms. The highest BCUT2D eigenvalue weighted by atomic mass is 35.5. The fourth-order valence-electron chi connectivity index (χ4n) is 2.77. The maximum absolute atomic E-state index is 12.8. The van der Waals surface area contributed by atoms with E-state index < -0.39 is 6.04 Å². The lowest BCUT2D eigenvalue weighted by atomic mass is 10.0. The smallest absolute Gasteiger partial charge is 0.249 e. The Morgan fingerprint density at radius 2 is 2.29 bits per heavy atom. The van der Waals surface area contributed by atoms with Gasteiger partial charge in [-0.2, -0.15) is 5.26 Å². The van der Waals surface area contributed by atoms with E-state index in [0.717, 1.165) is 12.1 Å². The Labute approximate surface area is 145 Å². The molecular weight excluding hydrogens is 326 g/mol. The number of anilines is 2. The molecule has 0 aromatic carbocycles. The lowest BCUT2D eigenvalue weighted by molar-refractivity contribution is -0.120. The molecule has 1 aliphatic rings. The van der Waals surface area contributed by atoms with Crippen LogP contribution in [0.1, 0.15) is 24.0 Å². The molecule has 1 aliphatic heterocycles. The monoisotopic (exact) mass is 341 g/mol. The van der Waals surface area contributed by atoms with E-state index in [1.54, 1.807) is 30.3 Å². The van der Waals surface area contributed by atoms with Crippen LogP contribution in [0, 0.1) is 18.3 Å². The molecule has 1 N–H and O–H groups in total. The van der Waals surface area contributed by atoms with Gasteiger partial charge in [-0.05, 0) is 37.5 Å². The molecule has 122 valence electrons. The zero-order valence-electron chi connectivity index (χ0n) is 13.2. The first-order valence-electron chi connectivity index (χ1n) is 7.65. The van der Waals surface area contributed by atoms with Gasteiger partial charge in [-0.3, -0.25) is 9.78 Å². The predicted octanol–water partition coefficient (Wildman–Crippen LogP) is 2.92. The molecule has 1 fully saturated rings. The Morgan fingerprint density at radius 3 is 3.00 bits per heavy atom. The molecule has 2 aromatic rings. The molecule has 0 radical (unpaired) electrons. The number of carbonyl (C=O) groups excluding carboxylic acids is 1. The molecule has 0 aliphatic carbocycles. The van der Waals surface area contributed by atoms with Crippen molar-refractivity contribution in [3.05, 3.63) is 46.9 Å². The van der Waals surface area contributed by atoms with Crippen LogP contribution in [0.3, 0.4) is 0 Å². The Bertz CT molecular complexity index is 803. The minimum absolute atomic E-state index is 0.0486. The highest BCUT2D eigenvalue weighted by Crippen LogP contribution is 2.26. The number of nitrogens with zero attached hydrogens (tertiary/aromatic N) is 4. The zero-order chi connectivity index (χ0) is 17.1. The third kappa shape index (κ3) is 3.03. The van der Waals surface area contributed by atoms with Gasteiger partial charge < -0.3 is 10.2 Å². The average molecular weight is 342 g/mol. The van der Waals surface area contributed by atoms with Crippen molar-refractivity contribution in [3.8, 4) is 6.07 Å². The van der Waals surface area contributed by atoms with E-state index in [1.165, 1.54) is 6.20 Å². The van der Waals surface area contributed by atoms with Crippen LogP contribution in [0.2, 0.25) is 5.02 Å². The number of nitriles is 1. The molecule has 0 unspecified atom stereocenters. The second-order valence-electron chi connectivity index (χ2n) is 5.61. The molecule has 24 heavy (non-hydrogen) atoms. The first kappa shape index (κ1) is 16.2. The number of pyridine rings is 2. The van der Waals surface area contributed by atoms with Gasteiger partial charge in [0.1, 0.15) is 17.9 Å². The number of aromatic nitrogens is 2. The van der Waals surface area contributed by atoms with E-state index >= 15 is 0 Å². The van der Waals surface area contributed by atoms with Gasteiger partial charge in [-0.25, -0.2) is 4.98 Å². The van der Waals surface area contributed by atoms with Crippen molar-refractivity contribution in [1.82, 2.24) is 9.97 Å². The molecule has 1 saturated heterocycles. The van der Waals surface area contributed by atoms with Crippen molar-refractivity contribution in [2.75, 3.05) is 16.8 Å². The van der Waals surface area contributed by atoms with Crippen molar-refractivity contribution in [1.29, 1.82) is 5.26 Å². The van der Waals surface area contributed by atoms with Gasteiger partial charge in [-0.15, -0.1) is 0 Å². The van der Waals surface area contributed by atoms with Crippen LogP contribution in [0.25, 0.3) is 0 Å². The average Bonchev–Trinajstić information content (AvgIpc) is 2.61. The number of piperidine rings is 1. The quantitative estimate of drug-likeness (QED) is 0.928. The highest BCUT2D eigenvalue weighted by molar-refractivity contribution is 6.31. The number of hydrogen-bond donors (Lipinski definition) is 1. The number of amides is 1. The summed E-state index contributed by atoms with van der Waals surface area (Å²) < 4.78 is 0. The van der Waals surface area contributed by atoms with E-state index in [9.17, 15) is 10.1 Å². The number of rotatable bonds is 3. The van der Waals surface area contributed by atoms with Crippen molar-refractivity contribution in [2.24, 2.45) is 0 Å². The molecule has 3 rings (SSSR count). The molecular formula is C17H16ClN5O. The minimum Gasteiger partial charge on any atom is -0.357 e. The summed E-state index contributed by atoms with van der Waals surface area (Å²) >= 11 is 6.02. The van der Waals surface area contributed by atoms with Crippen molar-refractivity contribution >= 4 is 29.0 Å². The summed E-state index contributed by atoms with van der Waals surface area (Å²) in [6, 6.07) is 5.34. The van der Waals surface area contributed by atoms with E-state index in [4.69, 9.17) is 11.6 Å². The summed E-state index contributed by atoms with van der Waals surface area (Å²) in [6.45, 7) is 2.42. The number of carbonyl (C=O) groups is 1. The Morgan fingerprint density at radius 1 is 1.46 bits per heavy atom. The Kier molecular flexibility index (Phi) is 4.63. The van der Waals surface area contributed by atoms with Crippen LogP contribution < -0.4 is 10.2 Å². The predicted molar refractivity (Wildman–Crippen MR) is 91.9 cm³/mol. The summed E-state index contributed by atoms with van der Waals surface area (Å²) in [5.41, 5.74) is 1.80. The molecule has 2 aromatic heterocycles. The maximum atomic E-state index is 12.8. The summed E-state index contributed by atoms with van der Waals surface area (Å²) in [4.78, 5) is 22.7. The molecule has 6 nitrogen and oxygen atoms in total. The fourth-order valence-corrected chi connectivity index (χ4v) is 2.91. The zero-order valence-corrected chi connectivity index (χ0v) is 13.9. The fraction of sp³-hybridized carbons (Fsp3) is 0.294. The standard InChI is InChI=1S/C17H16ClN5O/c1-11-13(8-19)16(21-10-14(11)18)22-15-5-3-7-23(17(15)24)12-4-2-6-20-9-12/h2,4,6,9-10,15H,3,5,7H2,1H3,(H,21,22)/t15-/m0/s1. The van der Waals surface area contributed by atoms with Gasteiger partial charge in [0.05, 0.1) is 22.5 Å². The van der Waals surface area contributed by atoms with E-state index in [2.05, 4.69) is 21.4 Å². The number of halogens is 1. The van der Waals surface area contributed by atoms with Gasteiger partial charge in [-0.1, -0.05) is 11.6 Å². The normalized spacial score (nSPS) is 17.5. The van der Waals surface area contributed by atoms with Crippen LogP contribution >= 0.6 is 11.6 Å². The van der Waals surface area contributed by atoms with Crippen LogP contribution in [0.5, 0.6) is 0 Å². The van der Waals surface area contributed by atoms with Crippen molar-refractivity contribution in [3.63, 3.8) is 0 Å². The molecule has 7 heteroatoms. The Hall–Kier alpha value is -2.65. The third-order valence-corrected chi connectivity index (χ3v) is 4.48. The number of hydrogen-bond acceptors (Lipinski definition) is 5. The number of nitrogens with one attached hydrogen (secondary N) is 1. The molecule has 0 saturated carbocycles. The first-order valence-corrected chi connectivity index (χ1v) is 8.02. The second kappa shape index (κ2) is 6.85. The van der Waals surface area contributed by atoms with Gasteiger partial charge >= 0.3 is 0 Å². The second-order valence-corrected chi connectivity index (χ2v) is 6.01. The van der Waals surface area contributed by atoms with Gasteiger partial charge in [0.2, 0.25) is 5.91 Å². The maximum Gasteiger partial charge on any atom is 0.249 e. The molecule has 1 atom stereocenters. The van der Waals surface area contributed by atoms with Crippen LogP contribution in [-0.2, 0) is 4.79 Å². The third-order valence-electron chi connectivity index (χ3n) is 4.10. The minimum atomic E-state index is -0.431. The van der Waals surface area contributed by atoms with Crippen molar-refractivity contribution < 1.29 is 4.79 Å². The molecule has 0 spiro atoms. The van der Waals surface area contributed by atoms with Gasteiger partial charge in [0.15, 0.2) is 0 Å².